The Labute approximate surface area is 137 Å². The summed E-state index contributed by atoms with van der Waals surface area (Å²) in [7, 11) is 0. The van der Waals surface area contributed by atoms with Gasteiger partial charge in [0.05, 0.1) is 11.4 Å². The molecule has 0 fully saturated rings. The average molecular weight is 328 g/mol. The zero-order valence-corrected chi connectivity index (χ0v) is 13.3. The molecule has 5 nitrogen and oxygen atoms in total. The van der Waals surface area contributed by atoms with E-state index in [1.165, 1.54) is 17.7 Å². The van der Waals surface area contributed by atoms with Crippen LogP contribution in [-0.4, -0.2) is 22.5 Å². The number of benzene rings is 1. The Morgan fingerprint density at radius 1 is 1.30 bits per heavy atom. The fourth-order valence-electron chi connectivity index (χ4n) is 2.23. The van der Waals surface area contributed by atoms with Gasteiger partial charge in [0.25, 0.3) is 5.91 Å². The van der Waals surface area contributed by atoms with Crippen LogP contribution in [0.4, 0.5) is 0 Å². The summed E-state index contributed by atoms with van der Waals surface area (Å²) in [6.07, 6.45) is 1.25. The van der Waals surface area contributed by atoms with Gasteiger partial charge >= 0.3 is 0 Å². The van der Waals surface area contributed by atoms with Crippen LogP contribution in [0.25, 0.3) is 10.6 Å². The lowest BCUT2D eigenvalue weighted by molar-refractivity contribution is 0.0525. The van der Waals surface area contributed by atoms with Crippen LogP contribution >= 0.6 is 11.3 Å². The van der Waals surface area contributed by atoms with Crippen molar-refractivity contribution in [3.8, 4) is 10.6 Å². The molecule has 3 aromatic rings. The first-order valence-electron chi connectivity index (χ1n) is 7.11. The number of aliphatic hydroxyl groups is 1. The quantitative estimate of drug-likeness (QED) is 0.755. The number of hydrogen-bond donors (Lipinski definition) is 2. The summed E-state index contributed by atoms with van der Waals surface area (Å²) < 4.78 is 5.32. The third kappa shape index (κ3) is 3.33. The number of carbonyl (C=O) groups is 1. The third-order valence-corrected chi connectivity index (χ3v) is 4.38. The van der Waals surface area contributed by atoms with E-state index in [1.54, 1.807) is 6.92 Å². The first kappa shape index (κ1) is 15.5. The smallest absolute Gasteiger partial charge is 0.274 e. The van der Waals surface area contributed by atoms with Crippen LogP contribution in [0.3, 0.4) is 0 Å². The average Bonchev–Trinajstić information content (AvgIpc) is 3.24. The molecule has 0 saturated carbocycles. The first-order chi connectivity index (χ1) is 11.1. The molecule has 1 unspecified atom stereocenters. The van der Waals surface area contributed by atoms with Gasteiger partial charge in [0.1, 0.15) is 5.60 Å². The standard InChI is InChI=1S/C17H16N2O3S/c1-17(21,12-6-3-2-4-7-12)10-18-16(20)14-15(22-11-19-14)13-8-5-9-23-13/h2-9,11,21H,10H2,1H3,(H,18,20). The Bertz CT molecular complexity index is 779. The molecular weight excluding hydrogens is 312 g/mol. The maximum Gasteiger partial charge on any atom is 0.274 e. The number of nitrogens with one attached hydrogen (secondary N) is 1. The Balaban J connectivity index is 1.72. The number of hydrogen-bond acceptors (Lipinski definition) is 5. The van der Waals surface area contributed by atoms with Crippen molar-refractivity contribution in [3.05, 3.63) is 65.5 Å². The maximum absolute atomic E-state index is 12.4. The Morgan fingerprint density at radius 3 is 2.78 bits per heavy atom. The minimum Gasteiger partial charge on any atom is -0.442 e. The van der Waals surface area contributed by atoms with E-state index in [2.05, 4.69) is 10.3 Å². The van der Waals surface area contributed by atoms with Gasteiger partial charge in [-0.1, -0.05) is 36.4 Å². The van der Waals surface area contributed by atoms with Gasteiger partial charge in [0, 0.05) is 0 Å². The molecule has 0 aliphatic heterocycles. The van der Waals surface area contributed by atoms with E-state index < -0.39 is 5.60 Å². The van der Waals surface area contributed by atoms with Gasteiger partial charge < -0.3 is 14.8 Å². The van der Waals surface area contributed by atoms with Gasteiger partial charge in [0.2, 0.25) is 0 Å². The van der Waals surface area contributed by atoms with E-state index in [0.29, 0.717) is 5.76 Å². The monoisotopic (exact) mass is 328 g/mol. The molecule has 2 aromatic heterocycles. The van der Waals surface area contributed by atoms with Gasteiger partial charge in [-0.3, -0.25) is 4.79 Å². The second-order valence-electron chi connectivity index (χ2n) is 5.33. The van der Waals surface area contributed by atoms with Crippen molar-refractivity contribution in [2.75, 3.05) is 6.54 Å². The molecule has 0 saturated heterocycles. The van der Waals surface area contributed by atoms with E-state index in [-0.39, 0.29) is 18.1 Å². The molecule has 3 rings (SSSR count). The van der Waals surface area contributed by atoms with Crippen LogP contribution in [0.15, 0.2) is 58.7 Å². The van der Waals surface area contributed by atoms with Crippen LogP contribution in [0.5, 0.6) is 0 Å². The summed E-state index contributed by atoms with van der Waals surface area (Å²) in [4.78, 5) is 17.2. The fourth-order valence-corrected chi connectivity index (χ4v) is 2.94. The summed E-state index contributed by atoms with van der Waals surface area (Å²) in [6, 6.07) is 12.9. The number of thiophene rings is 1. The van der Waals surface area contributed by atoms with Gasteiger partial charge in [-0.05, 0) is 23.9 Å². The van der Waals surface area contributed by atoms with Gasteiger partial charge in [-0.15, -0.1) is 11.3 Å². The number of aromatic nitrogens is 1. The van der Waals surface area contributed by atoms with E-state index in [1.807, 2.05) is 47.8 Å². The zero-order valence-electron chi connectivity index (χ0n) is 12.5. The lowest BCUT2D eigenvalue weighted by Gasteiger charge is -2.24. The number of carbonyl (C=O) groups excluding carboxylic acids is 1. The van der Waals surface area contributed by atoms with Crippen LogP contribution in [0.1, 0.15) is 23.0 Å². The van der Waals surface area contributed by atoms with E-state index >= 15 is 0 Å². The van der Waals surface area contributed by atoms with E-state index in [9.17, 15) is 9.90 Å². The molecule has 6 heteroatoms. The molecule has 0 radical (unpaired) electrons. The number of rotatable bonds is 5. The second-order valence-corrected chi connectivity index (χ2v) is 6.28. The predicted octanol–water partition coefficient (Wildman–Crippen LogP) is 3.04. The van der Waals surface area contributed by atoms with Gasteiger partial charge in [0.15, 0.2) is 17.8 Å². The van der Waals surface area contributed by atoms with Crippen LogP contribution in [-0.2, 0) is 5.60 Å². The third-order valence-electron chi connectivity index (χ3n) is 3.52. The van der Waals surface area contributed by atoms with Crippen molar-refractivity contribution in [3.63, 3.8) is 0 Å². The SMILES string of the molecule is CC(O)(CNC(=O)c1ncoc1-c1cccs1)c1ccccc1. The Kier molecular flexibility index (Phi) is 4.27. The van der Waals surface area contributed by atoms with Crippen molar-refractivity contribution in [1.29, 1.82) is 0 Å². The summed E-state index contributed by atoms with van der Waals surface area (Å²) in [5, 5.41) is 15.2. The normalized spacial score (nSPS) is 13.5. The number of oxazole rings is 1. The van der Waals surface area contributed by atoms with Crippen LogP contribution in [0, 0.1) is 0 Å². The highest BCUT2D eigenvalue weighted by Gasteiger charge is 2.26. The fraction of sp³-hybridized carbons (Fsp3) is 0.176. The summed E-state index contributed by atoms with van der Waals surface area (Å²) >= 11 is 1.47. The molecule has 0 bridgehead atoms. The summed E-state index contributed by atoms with van der Waals surface area (Å²) in [5.41, 5.74) is -0.209. The van der Waals surface area contributed by atoms with Crippen LogP contribution < -0.4 is 5.32 Å². The highest BCUT2D eigenvalue weighted by atomic mass is 32.1. The maximum atomic E-state index is 12.4. The number of nitrogens with zero attached hydrogens (tertiary/aromatic N) is 1. The number of amides is 1. The summed E-state index contributed by atoms with van der Waals surface area (Å²) in [5.74, 6) is 0.0650. The molecule has 1 atom stereocenters. The molecule has 1 amide bonds. The zero-order chi connectivity index (χ0) is 16.3. The van der Waals surface area contributed by atoms with Crippen LogP contribution in [0.2, 0.25) is 0 Å². The molecule has 0 aliphatic rings. The highest BCUT2D eigenvalue weighted by molar-refractivity contribution is 7.13. The molecule has 0 aliphatic carbocycles. The van der Waals surface area contributed by atoms with Crippen molar-refractivity contribution < 1.29 is 14.3 Å². The molecular formula is C17H16N2O3S. The van der Waals surface area contributed by atoms with E-state index in [4.69, 9.17) is 4.42 Å². The lowest BCUT2D eigenvalue weighted by atomic mass is 9.96. The lowest BCUT2D eigenvalue weighted by Crippen LogP contribution is -2.38. The Hall–Kier alpha value is -2.44. The molecule has 1 aromatic carbocycles. The topological polar surface area (TPSA) is 75.4 Å². The molecule has 23 heavy (non-hydrogen) atoms. The predicted molar refractivity (Wildman–Crippen MR) is 88.2 cm³/mol. The highest BCUT2D eigenvalue weighted by Crippen LogP contribution is 2.27. The largest absolute Gasteiger partial charge is 0.442 e. The Morgan fingerprint density at radius 2 is 2.09 bits per heavy atom. The molecule has 2 N–H and O–H groups in total. The molecule has 0 spiro atoms. The minimum absolute atomic E-state index is 0.0760. The van der Waals surface area contributed by atoms with Crippen molar-refractivity contribution in [1.82, 2.24) is 10.3 Å². The van der Waals surface area contributed by atoms with Crippen molar-refractivity contribution in [2.45, 2.75) is 12.5 Å². The van der Waals surface area contributed by atoms with Crippen molar-refractivity contribution >= 4 is 17.2 Å². The molecule has 118 valence electrons. The van der Waals surface area contributed by atoms with Crippen molar-refractivity contribution in [2.24, 2.45) is 0 Å². The summed E-state index contributed by atoms with van der Waals surface area (Å²) in [6.45, 7) is 1.73. The minimum atomic E-state index is -1.16. The van der Waals surface area contributed by atoms with E-state index in [0.717, 1.165) is 10.4 Å². The van der Waals surface area contributed by atoms with Gasteiger partial charge in [-0.25, -0.2) is 4.98 Å². The van der Waals surface area contributed by atoms with Gasteiger partial charge in [-0.2, -0.15) is 0 Å². The molecule has 2 heterocycles. The first-order valence-corrected chi connectivity index (χ1v) is 7.99. The second kappa shape index (κ2) is 6.36.